The highest BCUT2D eigenvalue weighted by Crippen LogP contribution is 2.70. The predicted molar refractivity (Wildman–Crippen MR) is 235 cm³/mol. The van der Waals surface area contributed by atoms with Crippen LogP contribution >= 0.6 is 0 Å². The molecule has 69 heavy (non-hydrogen) atoms. The van der Waals surface area contributed by atoms with Gasteiger partial charge >= 0.3 is 11.9 Å². The summed E-state index contributed by atoms with van der Waals surface area (Å²) < 4.78 is 60.1. The summed E-state index contributed by atoms with van der Waals surface area (Å²) in [5.74, 6) is -0.609. The van der Waals surface area contributed by atoms with Crippen LogP contribution in [0.5, 0.6) is 0 Å². The molecule has 26 atom stereocenters. The largest absolute Gasteiger partial charge is 0.459 e. The summed E-state index contributed by atoms with van der Waals surface area (Å²) in [6, 6.07) is 0. The van der Waals surface area contributed by atoms with Gasteiger partial charge in [-0.15, -0.1) is 0 Å². The van der Waals surface area contributed by atoms with Crippen LogP contribution in [0.2, 0.25) is 0 Å². The molecule has 0 amide bonds. The minimum atomic E-state index is -1.68. The fourth-order valence-corrected chi connectivity index (χ4v) is 14.7. The Hall–Kier alpha value is -1.96. The fraction of sp³-hybridized carbons (Fsp3) is 0.918. The lowest BCUT2D eigenvalue weighted by atomic mass is 9.43. The number of aliphatic hydroxyl groups is 8. The Balaban J connectivity index is 0.749. The first-order valence-electron chi connectivity index (χ1n) is 25.3. The summed E-state index contributed by atoms with van der Waals surface area (Å²) in [7, 11) is 0. The summed E-state index contributed by atoms with van der Waals surface area (Å²) in [5.41, 5.74) is -0.809. The zero-order valence-corrected chi connectivity index (χ0v) is 40.5. The maximum Gasteiger partial charge on any atom is 0.331 e. The van der Waals surface area contributed by atoms with Crippen LogP contribution in [0.1, 0.15) is 112 Å². The molecule has 5 aliphatic heterocycles. The molecule has 9 rings (SSSR count). The van der Waals surface area contributed by atoms with Crippen molar-refractivity contribution in [2.75, 3.05) is 13.2 Å². The Morgan fingerprint density at radius 2 is 1.33 bits per heavy atom. The maximum atomic E-state index is 12.6. The van der Waals surface area contributed by atoms with E-state index in [2.05, 4.69) is 13.8 Å². The predicted octanol–water partition coefficient (Wildman–Crippen LogP) is 0.613. The molecule has 9 aliphatic rings. The molecule has 8 N–H and O–H groups in total. The van der Waals surface area contributed by atoms with Gasteiger partial charge in [0.05, 0.1) is 54.9 Å². The van der Waals surface area contributed by atoms with Crippen molar-refractivity contribution in [1.29, 1.82) is 0 Å². The van der Waals surface area contributed by atoms with E-state index >= 15 is 0 Å². The van der Waals surface area contributed by atoms with E-state index in [0.29, 0.717) is 18.3 Å². The molecule has 8 fully saturated rings. The zero-order chi connectivity index (χ0) is 49.5. The Kier molecular flexibility index (Phi) is 15.1. The van der Waals surface area contributed by atoms with Gasteiger partial charge in [-0.2, -0.15) is 0 Å². The van der Waals surface area contributed by atoms with Crippen LogP contribution < -0.4 is 0 Å². The maximum absolute atomic E-state index is 12.6. The normalized spacial score (nSPS) is 53.3. The second-order valence-corrected chi connectivity index (χ2v) is 22.3. The van der Waals surface area contributed by atoms with E-state index < -0.39 is 134 Å². The molecule has 0 aromatic carbocycles. The summed E-state index contributed by atoms with van der Waals surface area (Å²) in [5, 5.41) is 87.5. The number of rotatable bonds is 11. The van der Waals surface area contributed by atoms with Crippen LogP contribution in [0, 0.1) is 34.5 Å². The van der Waals surface area contributed by atoms with Crippen molar-refractivity contribution in [2.24, 2.45) is 34.5 Å². The van der Waals surface area contributed by atoms with Gasteiger partial charge in [0.15, 0.2) is 25.2 Å². The third-order valence-electron chi connectivity index (χ3n) is 18.2. The molecule has 0 aromatic heterocycles. The molecule has 0 spiro atoms. The van der Waals surface area contributed by atoms with Crippen LogP contribution in [0.3, 0.4) is 0 Å². The van der Waals surface area contributed by atoms with E-state index in [1.807, 2.05) is 6.92 Å². The van der Waals surface area contributed by atoms with E-state index in [-0.39, 0.29) is 55.2 Å². The molecule has 0 radical (unpaired) electrons. The molecule has 20 nitrogen and oxygen atoms in total. The van der Waals surface area contributed by atoms with Crippen molar-refractivity contribution in [3.8, 4) is 0 Å². The third-order valence-corrected chi connectivity index (χ3v) is 18.2. The summed E-state index contributed by atoms with van der Waals surface area (Å²) in [6.45, 7) is 10.4. The monoisotopic (exact) mass is 984 g/mol. The number of esters is 2. The highest BCUT2D eigenvalue weighted by atomic mass is 16.8. The Morgan fingerprint density at radius 3 is 1.93 bits per heavy atom. The van der Waals surface area contributed by atoms with Gasteiger partial charge in [-0.3, -0.25) is 4.79 Å². The van der Waals surface area contributed by atoms with Gasteiger partial charge in [0, 0.05) is 50.0 Å². The Morgan fingerprint density at radius 1 is 0.710 bits per heavy atom. The molecule has 5 heterocycles. The molecule has 0 aromatic rings. The van der Waals surface area contributed by atoms with Gasteiger partial charge in [-0.05, 0) is 94.5 Å². The van der Waals surface area contributed by atoms with Crippen molar-refractivity contribution in [3.05, 3.63) is 11.6 Å². The molecular weight excluding hydrogens is 909 g/mol. The molecular formula is C49H76O20. The van der Waals surface area contributed by atoms with Crippen LogP contribution in [0.15, 0.2) is 11.6 Å². The van der Waals surface area contributed by atoms with E-state index in [1.165, 1.54) is 13.0 Å². The van der Waals surface area contributed by atoms with Crippen molar-refractivity contribution < 1.29 is 97.8 Å². The van der Waals surface area contributed by atoms with Gasteiger partial charge in [-0.25, -0.2) is 4.79 Å². The first-order valence-corrected chi connectivity index (χ1v) is 25.3. The number of aliphatic hydroxyl groups excluding tert-OH is 7. The molecule has 4 aliphatic carbocycles. The summed E-state index contributed by atoms with van der Waals surface area (Å²) >= 11 is 0. The average Bonchev–Trinajstić information content (AvgIpc) is 3.79. The summed E-state index contributed by atoms with van der Waals surface area (Å²) in [4.78, 5) is 24.2. The van der Waals surface area contributed by atoms with Gasteiger partial charge in [0.2, 0.25) is 0 Å². The van der Waals surface area contributed by atoms with Gasteiger partial charge in [0.25, 0.3) is 0 Å². The first kappa shape index (κ1) is 51.9. The lowest BCUT2D eigenvalue weighted by Crippen LogP contribution is -2.62. The van der Waals surface area contributed by atoms with Crippen LogP contribution in [0.25, 0.3) is 0 Å². The minimum absolute atomic E-state index is 0.000687. The molecule has 20 heteroatoms. The van der Waals surface area contributed by atoms with E-state index in [4.69, 9.17) is 47.4 Å². The number of carbonyl (C=O) groups excluding carboxylic acids is 2. The minimum Gasteiger partial charge on any atom is -0.459 e. The highest BCUT2D eigenvalue weighted by molar-refractivity contribution is 5.85. The average molecular weight is 985 g/mol. The topological polar surface area (TPSA) is 288 Å². The lowest BCUT2D eigenvalue weighted by molar-refractivity contribution is -0.355. The van der Waals surface area contributed by atoms with Gasteiger partial charge in [0.1, 0.15) is 55.4 Å². The van der Waals surface area contributed by atoms with Crippen molar-refractivity contribution in [3.63, 3.8) is 0 Å². The first-order chi connectivity index (χ1) is 32.6. The molecule has 392 valence electrons. The van der Waals surface area contributed by atoms with Crippen molar-refractivity contribution in [2.45, 2.75) is 234 Å². The van der Waals surface area contributed by atoms with Gasteiger partial charge < -0.3 is 88.2 Å². The molecule has 4 saturated heterocycles. The van der Waals surface area contributed by atoms with Crippen molar-refractivity contribution in [1.82, 2.24) is 0 Å². The Bertz CT molecular complexity index is 1850. The number of hydrogen-bond donors (Lipinski definition) is 8. The smallest absolute Gasteiger partial charge is 0.331 e. The summed E-state index contributed by atoms with van der Waals surface area (Å²) in [6.07, 6.45) is -10.8. The fourth-order valence-electron chi connectivity index (χ4n) is 14.7. The van der Waals surface area contributed by atoms with E-state index in [1.54, 1.807) is 13.8 Å². The van der Waals surface area contributed by atoms with Crippen molar-refractivity contribution >= 4 is 11.9 Å². The molecule has 0 unspecified atom stereocenters. The number of cyclic esters (lactones) is 1. The lowest BCUT2D eigenvalue weighted by Gasteiger charge is -2.63. The second-order valence-electron chi connectivity index (χ2n) is 22.3. The molecule has 0 bridgehead atoms. The molecule has 4 saturated carbocycles. The second kappa shape index (κ2) is 20.0. The third kappa shape index (κ3) is 9.59. The van der Waals surface area contributed by atoms with Crippen LogP contribution in [-0.4, -0.2) is 188 Å². The van der Waals surface area contributed by atoms with E-state index in [0.717, 1.165) is 50.5 Å². The van der Waals surface area contributed by atoms with Crippen LogP contribution in [-0.2, 0) is 57.0 Å². The number of ether oxygens (including phenoxy) is 10. The zero-order valence-electron chi connectivity index (χ0n) is 40.5. The van der Waals surface area contributed by atoms with Gasteiger partial charge in [-0.1, -0.05) is 13.8 Å². The quantitative estimate of drug-likeness (QED) is 0.104. The Labute approximate surface area is 402 Å². The van der Waals surface area contributed by atoms with E-state index in [9.17, 15) is 50.4 Å². The number of hydrogen-bond acceptors (Lipinski definition) is 20. The number of fused-ring (bicyclic) bond motifs is 5. The highest BCUT2D eigenvalue weighted by Gasteiger charge is 2.70. The number of carbonyl (C=O) groups is 2. The standard InChI is InChI=1S/C49H76O20/c1-21-43(67-37-16-31(53)44(22(2)62-37)68-38-17-33(64-24(4)51)45(23(3)63-38)69-46-42(58)41(57)40(56)34(19-50)66-46)30(52)15-36(61-21)65-27-9-11-47(5)26(14-27)7-8-29-28(47)10-12-48(6)39(25-13-35(55)60-20-25)32(54)18-49(29,48)59/h13,21-23,26-34,36-46,50,52-54,56-59H,7-12,14-20H2,1-6H3/t21-,22-,23-,26-,27-,28+,29+,30-,31-,32+,33-,34+,36-,37-,38+,39+,40+,41-,42+,43+,44+,45-,46-,47+,48+,49+/m1/s1. The SMILES string of the molecule is CC(=O)O[C@@H]1C[C@H](O[C@@H]2[C@H](O)C[C@@H](O[C@@H]3[C@H](O)C[C@@H](O[C@@H]4CC[C@@]5(C)[C@H](CC[C@H]6[C@@H]5CC[C@@]5(C)[C@@H](C7=CC(=O)OC7)[C@@H](O)C[C@]65O)C4)O[C@@H]3C)O[C@@H]2C)O[C@H](C)[C@H]1O[C@H]1O[C@@H](CO)[C@H](O)[C@@H](O)[C@@H]1O. The van der Waals surface area contributed by atoms with Crippen LogP contribution in [0.4, 0.5) is 0 Å².